The second kappa shape index (κ2) is 7.53. The van der Waals surface area contributed by atoms with Gasteiger partial charge in [-0.25, -0.2) is 4.68 Å². The minimum atomic E-state index is 0.490. The van der Waals surface area contributed by atoms with Gasteiger partial charge in [-0.05, 0) is 19.2 Å². The van der Waals surface area contributed by atoms with Crippen molar-refractivity contribution < 1.29 is 0 Å². The van der Waals surface area contributed by atoms with E-state index in [0.717, 1.165) is 26.2 Å². The number of hydrogen-bond acceptors (Lipinski definition) is 7. The van der Waals surface area contributed by atoms with Crippen molar-refractivity contribution in [2.24, 2.45) is 0 Å². The van der Waals surface area contributed by atoms with E-state index in [0.29, 0.717) is 17.8 Å². The van der Waals surface area contributed by atoms with Crippen LogP contribution in [0.4, 0.5) is 11.9 Å². The van der Waals surface area contributed by atoms with Crippen LogP contribution in [0.1, 0.15) is 13.8 Å². The van der Waals surface area contributed by atoms with Crippen molar-refractivity contribution in [1.29, 1.82) is 0 Å². The Kier molecular flexibility index (Phi) is 5.44. The number of aromatic nitrogens is 5. The molecule has 2 aromatic rings. The summed E-state index contributed by atoms with van der Waals surface area (Å²) in [6.45, 7) is 8.12. The molecule has 21 heavy (non-hydrogen) atoms. The second-order valence-electron chi connectivity index (χ2n) is 4.44. The van der Waals surface area contributed by atoms with Gasteiger partial charge in [0.05, 0.1) is 0 Å². The molecule has 0 saturated carbocycles. The van der Waals surface area contributed by atoms with Crippen molar-refractivity contribution in [1.82, 2.24) is 29.6 Å². The molecule has 8 heteroatoms. The maximum Gasteiger partial charge on any atom is 0.257 e. The Balaban J connectivity index is 2.07. The molecule has 0 spiro atoms. The molecule has 0 aliphatic heterocycles. The molecule has 0 atom stereocenters. The van der Waals surface area contributed by atoms with Crippen LogP contribution >= 0.6 is 0 Å². The van der Waals surface area contributed by atoms with Crippen LogP contribution in [0.3, 0.4) is 0 Å². The van der Waals surface area contributed by atoms with Crippen LogP contribution in [0.5, 0.6) is 0 Å². The van der Waals surface area contributed by atoms with Crippen LogP contribution in [0.2, 0.25) is 0 Å². The van der Waals surface area contributed by atoms with E-state index in [1.165, 1.54) is 0 Å². The Morgan fingerprint density at radius 2 is 1.90 bits per heavy atom. The van der Waals surface area contributed by atoms with E-state index in [2.05, 4.69) is 49.4 Å². The van der Waals surface area contributed by atoms with Gasteiger partial charge in [-0.2, -0.15) is 20.1 Å². The molecule has 2 N–H and O–H groups in total. The predicted octanol–water partition coefficient (Wildman–Crippen LogP) is 0.853. The summed E-state index contributed by atoms with van der Waals surface area (Å²) in [6.07, 6.45) is 3.49. The quantitative estimate of drug-likeness (QED) is 0.745. The van der Waals surface area contributed by atoms with Gasteiger partial charge in [0, 0.05) is 32.5 Å². The lowest BCUT2D eigenvalue weighted by molar-refractivity contribution is 0.316. The van der Waals surface area contributed by atoms with Gasteiger partial charge in [0.15, 0.2) is 0 Å². The van der Waals surface area contributed by atoms with E-state index in [9.17, 15) is 0 Å². The minimum Gasteiger partial charge on any atom is -0.357 e. The first-order valence-corrected chi connectivity index (χ1v) is 7.16. The summed E-state index contributed by atoms with van der Waals surface area (Å²) in [5.41, 5.74) is 0. The van der Waals surface area contributed by atoms with Crippen LogP contribution in [0, 0.1) is 0 Å². The fraction of sp³-hybridized carbons (Fsp3) is 0.538. The fourth-order valence-corrected chi connectivity index (χ4v) is 1.91. The first kappa shape index (κ1) is 15.2. The first-order chi connectivity index (χ1) is 10.3. The Labute approximate surface area is 124 Å². The molecule has 0 fully saturated rings. The van der Waals surface area contributed by atoms with Crippen LogP contribution in [-0.4, -0.2) is 62.9 Å². The minimum absolute atomic E-state index is 0.490. The van der Waals surface area contributed by atoms with Gasteiger partial charge in [-0.1, -0.05) is 13.8 Å². The summed E-state index contributed by atoms with van der Waals surface area (Å²) >= 11 is 0. The maximum absolute atomic E-state index is 4.38. The standard InChI is InChI=1S/C13H22N8/c1-4-20(5-2)10-8-15-12-17-11(14-3)18-13(19-12)21-9-6-7-16-21/h6-7,9H,4-5,8,10H2,1-3H3,(H2,14,15,17,18,19). The SMILES string of the molecule is CCN(CC)CCNc1nc(NC)nc(-n2cccn2)n1. The maximum atomic E-state index is 4.38. The molecule has 2 rings (SSSR count). The summed E-state index contributed by atoms with van der Waals surface area (Å²) < 4.78 is 1.61. The van der Waals surface area contributed by atoms with E-state index < -0.39 is 0 Å². The van der Waals surface area contributed by atoms with Gasteiger partial charge in [0.1, 0.15) is 0 Å². The first-order valence-electron chi connectivity index (χ1n) is 7.16. The van der Waals surface area contributed by atoms with Gasteiger partial charge in [0.2, 0.25) is 11.9 Å². The molecular weight excluding hydrogens is 268 g/mol. The smallest absolute Gasteiger partial charge is 0.257 e. The zero-order chi connectivity index (χ0) is 15.1. The third-order valence-corrected chi connectivity index (χ3v) is 3.16. The number of likely N-dealkylation sites (N-methyl/N-ethyl adjacent to an activating group) is 1. The molecule has 0 amide bonds. The second-order valence-corrected chi connectivity index (χ2v) is 4.44. The van der Waals surface area contributed by atoms with Crippen molar-refractivity contribution in [3.05, 3.63) is 18.5 Å². The molecule has 0 aromatic carbocycles. The van der Waals surface area contributed by atoms with Crippen molar-refractivity contribution >= 4 is 11.9 Å². The third-order valence-electron chi connectivity index (χ3n) is 3.16. The van der Waals surface area contributed by atoms with Gasteiger partial charge < -0.3 is 15.5 Å². The lowest BCUT2D eigenvalue weighted by atomic mass is 10.4. The summed E-state index contributed by atoms with van der Waals surface area (Å²) in [7, 11) is 1.78. The van der Waals surface area contributed by atoms with Gasteiger partial charge >= 0.3 is 0 Å². The number of nitrogens with zero attached hydrogens (tertiary/aromatic N) is 6. The molecule has 0 aliphatic carbocycles. The molecule has 0 radical (unpaired) electrons. The molecular formula is C13H22N8. The average Bonchev–Trinajstić information content (AvgIpc) is 3.05. The Hall–Kier alpha value is -2.22. The summed E-state index contributed by atoms with van der Waals surface area (Å²) in [6, 6.07) is 1.83. The number of nitrogens with one attached hydrogen (secondary N) is 2. The summed E-state index contributed by atoms with van der Waals surface area (Å²) in [5.74, 6) is 1.55. The number of anilines is 2. The Morgan fingerprint density at radius 3 is 2.52 bits per heavy atom. The van der Waals surface area contributed by atoms with Gasteiger partial charge in [-0.3, -0.25) is 0 Å². The highest BCUT2D eigenvalue weighted by molar-refractivity contribution is 5.37. The van der Waals surface area contributed by atoms with Crippen molar-refractivity contribution in [2.45, 2.75) is 13.8 Å². The topological polar surface area (TPSA) is 83.8 Å². The van der Waals surface area contributed by atoms with Crippen molar-refractivity contribution in [2.75, 3.05) is 43.9 Å². The number of rotatable bonds is 8. The largest absolute Gasteiger partial charge is 0.357 e. The zero-order valence-corrected chi connectivity index (χ0v) is 12.7. The van der Waals surface area contributed by atoms with Crippen LogP contribution in [0.15, 0.2) is 18.5 Å². The summed E-state index contributed by atoms with van der Waals surface area (Å²) in [4.78, 5) is 15.3. The van der Waals surface area contributed by atoms with Gasteiger partial charge in [-0.15, -0.1) is 0 Å². The van der Waals surface area contributed by atoms with E-state index in [4.69, 9.17) is 0 Å². The van der Waals surface area contributed by atoms with E-state index in [1.807, 2.05) is 6.07 Å². The average molecular weight is 290 g/mol. The van der Waals surface area contributed by atoms with Gasteiger partial charge in [0.25, 0.3) is 5.95 Å². The highest BCUT2D eigenvalue weighted by Gasteiger charge is 2.07. The summed E-state index contributed by atoms with van der Waals surface area (Å²) in [5, 5.41) is 10.3. The molecule has 0 saturated heterocycles. The molecule has 2 heterocycles. The van der Waals surface area contributed by atoms with E-state index in [1.54, 1.807) is 24.1 Å². The normalized spacial score (nSPS) is 10.9. The van der Waals surface area contributed by atoms with Crippen molar-refractivity contribution in [3.63, 3.8) is 0 Å². The monoisotopic (exact) mass is 290 g/mol. The Morgan fingerprint density at radius 1 is 1.14 bits per heavy atom. The molecule has 0 aliphatic rings. The lowest BCUT2D eigenvalue weighted by Gasteiger charge is -2.18. The van der Waals surface area contributed by atoms with Crippen LogP contribution in [0.25, 0.3) is 5.95 Å². The van der Waals surface area contributed by atoms with Crippen LogP contribution in [-0.2, 0) is 0 Å². The highest BCUT2D eigenvalue weighted by Crippen LogP contribution is 2.08. The molecule has 114 valence electrons. The van der Waals surface area contributed by atoms with Crippen LogP contribution < -0.4 is 10.6 Å². The lowest BCUT2D eigenvalue weighted by Crippen LogP contribution is -2.29. The highest BCUT2D eigenvalue weighted by atomic mass is 15.4. The molecule has 8 nitrogen and oxygen atoms in total. The fourth-order valence-electron chi connectivity index (χ4n) is 1.91. The number of hydrogen-bond donors (Lipinski definition) is 2. The third kappa shape index (κ3) is 4.12. The Bertz CT molecular complexity index is 535. The molecule has 2 aromatic heterocycles. The zero-order valence-electron chi connectivity index (χ0n) is 12.7. The van der Waals surface area contributed by atoms with E-state index in [-0.39, 0.29) is 0 Å². The van der Waals surface area contributed by atoms with E-state index >= 15 is 0 Å². The molecule has 0 bridgehead atoms. The molecule has 0 unspecified atom stereocenters. The predicted molar refractivity (Wildman–Crippen MR) is 82.8 cm³/mol. The van der Waals surface area contributed by atoms with Crippen molar-refractivity contribution in [3.8, 4) is 5.95 Å².